The van der Waals surface area contributed by atoms with Crippen molar-refractivity contribution < 1.29 is 5.11 Å². The summed E-state index contributed by atoms with van der Waals surface area (Å²) in [6.45, 7) is 0.140. The Balaban J connectivity index is 0. The van der Waals surface area contributed by atoms with E-state index in [-0.39, 0.29) is 25.0 Å². The first kappa shape index (κ1) is 14.3. The summed E-state index contributed by atoms with van der Waals surface area (Å²) in [5.41, 5.74) is 9.91. The molecule has 0 unspecified atom stereocenters. The number of aliphatic hydroxyl groups is 1. The lowest BCUT2D eigenvalue weighted by Crippen LogP contribution is -2.20. The van der Waals surface area contributed by atoms with Gasteiger partial charge in [-0.05, 0) is 5.56 Å². The zero-order valence-corrected chi connectivity index (χ0v) is 7.92. The van der Waals surface area contributed by atoms with Crippen LogP contribution < -0.4 is 11.5 Å². The van der Waals surface area contributed by atoms with Crippen molar-refractivity contribution in [2.75, 3.05) is 0 Å². The monoisotopic (exact) mass is 203 g/mol. The van der Waals surface area contributed by atoms with E-state index in [1.54, 1.807) is 0 Å². The summed E-state index contributed by atoms with van der Waals surface area (Å²) in [5, 5.41) is 14.6. The predicted molar refractivity (Wildman–Crippen MR) is 55.7 cm³/mol. The number of benzene rings is 1. The van der Waals surface area contributed by atoms with Gasteiger partial charge in [-0.3, -0.25) is 5.41 Å². The molecule has 0 aliphatic heterocycles. The summed E-state index contributed by atoms with van der Waals surface area (Å²) in [4.78, 5) is 0. The van der Waals surface area contributed by atoms with Crippen molar-refractivity contribution in [1.29, 1.82) is 5.41 Å². The average Bonchev–Trinajstić information content (AvgIpc) is 2.05. The molecular formula is C8H14ClN3O. The highest BCUT2D eigenvalue weighted by Crippen LogP contribution is 1.95. The first-order chi connectivity index (χ1) is 5.66. The molecule has 5 heteroatoms. The van der Waals surface area contributed by atoms with Crippen molar-refractivity contribution in [3.8, 4) is 0 Å². The molecule has 0 amide bonds. The Morgan fingerprint density at radius 1 is 1.23 bits per heavy atom. The van der Waals surface area contributed by atoms with Gasteiger partial charge in [0.2, 0.25) is 0 Å². The number of rotatable bonds is 1. The second kappa shape index (κ2) is 8.83. The van der Waals surface area contributed by atoms with Crippen LogP contribution in [0, 0.1) is 5.41 Å². The minimum atomic E-state index is -0.333. The number of guanidine groups is 1. The Kier molecular flexibility index (Phi) is 9.70. The highest BCUT2D eigenvalue weighted by atomic mass is 35.5. The molecule has 0 atom stereocenters. The summed E-state index contributed by atoms with van der Waals surface area (Å²) in [7, 11) is 0. The summed E-state index contributed by atoms with van der Waals surface area (Å²) in [5.74, 6) is -0.333. The van der Waals surface area contributed by atoms with Crippen LogP contribution in [-0.2, 0) is 6.61 Å². The van der Waals surface area contributed by atoms with Crippen molar-refractivity contribution in [2.24, 2.45) is 11.5 Å². The molecule has 1 aromatic rings. The van der Waals surface area contributed by atoms with Gasteiger partial charge >= 0.3 is 0 Å². The zero-order chi connectivity index (χ0) is 9.40. The van der Waals surface area contributed by atoms with Gasteiger partial charge in [-0.15, -0.1) is 12.4 Å². The van der Waals surface area contributed by atoms with E-state index in [2.05, 4.69) is 11.5 Å². The lowest BCUT2D eigenvalue weighted by atomic mass is 10.2. The van der Waals surface area contributed by atoms with Crippen LogP contribution in [-0.4, -0.2) is 11.1 Å². The van der Waals surface area contributed by atoms with Crippen LogP contribution in [0.25, 0.3) is 0 Å². The van der Waals surface area contributed by atoms with E-state index >= 15 is 0 Å². The van der Waals surface area contributed by atoms with Crippen molar-refractivity contribution in [1.82, 2.24) is 0 Å². The van der Waals surface area contributed by atoms with Gasteiger partial charge in [0, 0.05) is 0 Å². The van der Waals surface area contributed by atoms with Gasteiger partial charge in [0.15, 0.2) is 5.96 Å². The van der Waals surface area contributed by atoms with Gasteiger partial charge in [0.05, 0.1) is 6.61 Å². The van der Waals surface area contributed by atoms with Crippen LogP contribution >= 0.6 is 12.4 Å². The highest BCUT2D eigenvalue weighted by molar-refractivity contribution is 5.85. The molecule has 0 saturated carbocycles. The van der Waals surface area contributed by atoms with Crippen molar-refractivity contribution in [3.05, 3.63) is 35.9 Å². The summed E-state index contributed by atoms with van der Waals surface area (Å²) >= 11 is 0. The van der Waals surface area contributed by atoms with Gasteiger partial charge in [-0.25, -0.2) is 0 Å². The summed E-state index contributed by atoms with van der Waals surface area (Å²) < 4.78 is 0. The lowest BCUT2D eigenvalue weighted by molar-refractivity contribution is 0.282. The van der Waals surface area contributed by atoms with E-state index < -0.39 is 0 Å². The Morgan fingerprint density at radius 3 is 1.85 bits per heavy atom. The smallest absolute Gasteiger partial charge is 0.183 e. The number of hydrogen-bond acceptors (Lipinski definition) is 2. The molecule has 0 aromatic heterocycles. The largest absolute Gasteiger partial charge is 0.392 e. The Labute approximate surface area is 83.5 Å². The van der Waals surface area contributed by atoms with E-state index in [4.69, 9.17) is 10.5 Å². The molecule has 1 aromatic carbocycles. The Morgan fingerprint density at radius 2 is 1.62 bits per heavy atom. The Hall–Kier alpha value is -1.26. The van der Waals surface area contributed by atoms with Crippen molar-refractivity contribution in [2.45, 2.75) is 6.61 Å². The van der Waals surface area contributed by atoms with Crippen LogP contribution in [0.2, 0.25) is 0 Å². The topological polar surface area (TPSA) is 96.1 Å². The lowest BCUT2D eigenvalue weighted by Gasteiger charge is -1.89. The van der Waals surface area contributed by atoms with E-state index in [1.165, 1.54) is 0 Å². The molecule has 0 bridgehead atoms. The zero-order valence-electron chi connectivity index (χ0n) is 7.10. The van der Waals surface area contributed by atoms with Crippen LogP contribution in [0.4, 0.5) is 0 Å². The van der Waals surface area contributed by atoms with Gasteiger partial charge in [-0.1, -0.05) is 30.3 Å². The molecule has 0 spiro atoms. The number of halogens is 1. The third-order valence-electron chi connectivity index (χ3n) is 1.03. The number of nitrogens with two attached hydrogens (primary N) is 2. The minimum absolute atomic E-state index is 0. The van der Waals surface area contributed by atoms with Gasteiger partial charge in [-0.2, -0.15) is 0 Å². The van der Waals surface area contributed by atoms with Crippen LogP contribution in [0.3, 0.4) is 0 Å². The fourth-order valence-electron chi connectivity index (χ4n) is 0.583. The molecule has 13 heavy (non-hydrogen) atoms. The first-order valence-electron chi connectivity index (χ1n) is 3.41. The quantitative estimate of drug-likeness (QED) is 0.394. The van der Waals surface area contributed by atoms with Gasteiger partial charge < -0.3 is 16.6 Å². The number of hydrogen-bond donors (Lipinski definition) is 4. The second-order valence-corrected chi connectivity index (χ2v) is 2.10. The Bertz CT molecular complexity index is 224. The average molecular weight is 204 g/mol. The summed E-state index contributed by atoms with van der Waals surface area (Å²) in [6, 6.07) is 9.52. The normalized spacial score (nSPS) is 7.46. The third-order valence-corrected chi connectivity index (χ3v) is 1.03. The fourth-order valence-corrected chi connectivity index (χ4v) is 0.583. The third kappa shape index (κ3) is 10.7. The number of nitrogens with one attached hydrogen (secondary N) is 1. The maximum atomic E-state index is 8.54. The molecule has 6 N–H and O–H groups in total. The molecule has 0 saturated heterocycles. The van der Waals surface area contributed by atoms with Crippen molar-refractivity contribution in [3.63, 3.8) is 0 Å². The molecular weight excluding hydrogens is 190 g/mol. The molecule has 1 rings (SSSR count). The fraction of sp³-hybridized carbons (Fsp3) is 0.125. The van der Waals surface area contributed by atoms with Crippen LogP contribution in [0.5, 0.6) is 0 Å². The van der Waals surface area contributed by atoms with Gasteiger partial charge in [0.1, 0.15) is 0 Å². The molecule has 74 valence electrons. The first-order valence-corrected chi connectivity index (χ1v) is 3.41. The summed E-state index contributed by atoms with van der Waals surface area (Å²) in [6.07, 6.45) is 0. The molecule has 4 nitrogen and oxygen atoms in total. The predicted octanol–water partition coefficient (Wildman–Crippen LogP) is 0.439. The van der Waals surface area contributed by atoms with E-state index in [1.807, 2.05) is 30.3 Å². The SMILES string of the molecule is Cl.N=C(N)N.OCc1ccccc1. The maximum Gasteiger partial charge on any atom is 0.183 e. The molecule has 0 radical (unpaired) electrons. The molecule has 0 aliphatic carbocycles. The van der Waals surface area contributed by atoms with Crippen molar-refractivity contribution >= 4 is 18.4 Å². The highest BCUT2D eigenvalue weighted by Gasteiger charge is 1.81. The van der Waals surface area contributed by atoms with E-state index in [0.29, 0.717) is 0 Å². The van der Waals surface area contributed by atoms with Crippen LogP contribution in [0.1, 0.15) is 5.56 Å². The van der Waals surface area contributed by atoms with E-state index in [9.17, 15) is 0 Å². The molecule has 0 aliphatic rings. The molecule has 0 fully saturated rings. The van der Waals surface area contributed by atoms with E-state index in [0.717, 1.165) is 5.56 Å². The second-order valence-electron chi connectivity index (χ2n) is 2.10. The number of aliphatic hydroxyl groups excluding tert-OH is 1. The molecule has 0 heterocycles. The van der Waals surface area contributed by atoms with Gasteiger partial charge in [0.25, 0.3) is 0 Å². The minimum Gasteiger partial charge on any atom is -0.392 e. The standard InChI is InChI=1S/C7H8O.CH5N3.ClH/c8-6-7-4-2-1-3-5-7;2-1(3)4;/h1-5,8H,6H2;(H5,2,3,4);1H. The maximum absolute atomic E-state index is 8.54. The van der Waals surface area contributed by atoms with Crippen LogP contribution in [0.15, 0.2) is 30.3 Å².